The second-order valence-electron chi connectivity index (χ2n) is 6.19. The van der Waals surface area contributed by atoms with E-state index in [0.717, 1.165) is 23.2 Å². The van der Waals surface area contributed by atoms with E-state index < -0.39 is 11.4 Å². The molecule has 1 amide bonds. The van der Waals surface area contributed by atoms with Crippen LogP contribution in [0.15, 0.2) is 48.5 Å². The molecule has 0 radical (unpaired) electrons. The van der Waals surface area contributed by atoms with Gasteiger partial charge in [0.2, 0.25) is 5.91 Å². The Bertz CT molecular complexity index is 740. The summed E-state index contributed by atoms with van der Waals surface area (Å²) in [4.78, 5) is 24.4. The summed E-state index contributed by atoms with van der Waals surface area (Å²) in [5.74, 6) is -1.31. The van der Waals surface area contributed by atoms with Crippen LogP contribution in [0.3, 0.4) is 0 Å². The predicted molar refractivity (Wildman–Crippen MR) is 95.2 cm³/mol. The van der Waals surface area contributed by atoms with E-state index in [0.29, 0.717) is 5.56 Å². The molecule has 4 nitrogen and oxygen atoms in total. The van der Waals surface area contributed by atoms with Crippen molar-refractivity contribution in [3.05, 3.63) is 65.2 Å². The van der Waals surface area contributed by atoms with Gasteiger partial charge < -0.3 is 10.4 Å². The molecule has 0 spiro atoms. The largest absolute Gasteiger partial charge is 0.481 e. The monoisotopic (exact) mass is 325 g/mol. The van der Waals surface area contributed by atoms with Crippen LogP contribution >= 0.6 is 0 Å². The highest BCUT2D eigenvalue weighted by molar-refractivity contribution is 5.97. The summed E-state index contributed by atoms with van der Waals surface area (Å²) >= 11 is 0. The number of carboxylic acids is 1. The summed E-state index contributed by atoms with van der Waals surface area (Å²) in [7, 11) is 0. The van der Waals surface area contributed by atoms with Crippen LogP contribution in [0.25, 0.3) is 0 Å². The van der Waals surface area contributed by atoms with E-state index in [2.05, 4.69) is 5.32 Å². The lowest BCUT2D eigenvalue weighted by molar-refractivity contribution is -0.145. The first kappa shape index (κ1) is 17.7. The van der Waals surface area contributed by atoms with Crippen LogP contribution in [0.2, 0.25) is 0 Å². The SMILES string of the molecule is CCc1cccc(C)c1NC(=O)C[C@](C)(C(=O)O)c1ccccc1. The van der Waals surface area contributed by atoms with Crippen LogP contribution in [0.4, 0.5) is 5.69 Å². The molecule has 0 fully saturated rings. The number of hydrogen-bond donors (Lipinski definition) is 2. The number of para-hydroxylation sites is 1. The fourth-order valence-corrected chi connectivity index (χ4v) is 2.81. The molecule has 2 aromatic carbocycles. The Balaban J connectivity index is 2.26. The molecule has 2 N–H and O–H groups in total. The Hall–Kier alpha value is -2.62. The van der Waals surface area contributed by atoms with Crippen molar-refractivity contribution in [2.45, 2.75) is 39.0 Å². The van der Waals surface area contributed by atoms with E-state index in [1.807, 2.05) is 38.1 Å². The molecule has 0 unspecified atom stereocenters. The third-order valence-corrected chi connectivity index (χ3v) is 4.40. The van der Waals surface area contributed by atoms with Crippen molar-refractivity contribution < 1.29 is 14.7 Å². The third-order valence-electron chi connectivity index (χ3n) is 4.40. The minimum absolute atomic E-state index is 0.121. The average molecular weight is 325 g/mol. The fraction of sp³-hybridized carbons (Fsp3) is 0.300. The van der Waals surface area contributed by atoms with Crippen molar-refractivity contribution in [2.24, 2.45) is 0 Å². The first-order valence-corrected chi connectivity index (χ1v) is 8.05. The number of carboxylic acid groups (broad SMARTS) is 1. The molecule has 24 heavy (non-hydrogen) atoms. The first-order chi connectivity index (χ1) is 11.4. The molecule has 0 saturated heterocycles. The zero-order valence-electron chi connectivity index (χ0n) is 14.3. The zero-order valence-corrected chi connectivity index (χ0v) is 14.3. The molecule has 2 rings (SSSR count). The summed E-state index contributed by atoms with van der Waals surface area (Å²) in [6, 6.07) is 14.7. The van der Waals surface area contributed by atoms with Crippen molar-refractivity contribution in [3.8, 4) is 0 Å². The summed E-state index contributed by atoms with van der Waals surface area (Å²) in [5, 5.41) is 12.6. The smallest absolute Gasteiger partial charge is 0.314 e. The van der Waals surface area contributed by atoms with E-state index in [1.54, 1.807) is 31.2 Å². The maximum absolute atomic E-state index is 12.6. The second-order valence-corrected chi connectivity index (χ2v) is 6.19. The van der Waals surface area contributed by atoms with Crippen LogP contribution in [0.1, 0.15) is 37.0 Å². The number of carbonyl (C=O) groups excluding carboxylic acids is 1. The molecule has 0 bridgehead atoms. The molecule has 0 aliphatic rings. The van der Waals surface area contributed by atoms with Gasteiger partial charge in [0.25, 0.3) is 0 Å². The second kappa shape index (κ2) is 7.30. The lowest BCUT2D eigenvalue weighted by Gasteiger charge is -2.25. The first-order valence-electron chi connectivity index (χ1n) is 8.05. The van der Waals surface area contributed by atoms with E-state index in [9.17, 15) is 14.7 Å². The summed E-state index contributed by atoms with van der Waals surface area (Å²) in [6.45, 7) is 5.54. The van der Waals surface area contributed by atoms with Gasteiger partial charge in [0.05, 0.1) is 5.41 Å². The molecule has 0 aliphatic carbocycles. The third kappa shape index (κ3) is 3.65. The van der Waals surface area contributed by atoms with Gasteiger partial charge in [-0.3, -0.25) is 9.59 Å². The Morgan fingerprint density at radius 2 is 1.75 bits per heavy atom. The number of carbonyl (C=O) groups is 2. The van der Waals surface area contributed by atoms with Gasteiger partial charge in [-0.25, -0.2) is 0 Å². The minimum atomic E-state index is -1.26. The van der Waals surface area contributed by atoms with Gasteiger partial charge in [-0.2, -0.15) is 0 Å². The standard InChI is InChI=1S/C20H23NO3/c1-4-15-10-8-9-14(2)18(15)21-17(22)13-20(3,19(23)24)16-11-6-5-7-12-16/h5-12H,4,13H2,1-3H3,(H,21,22)(H,23,24)/t20-/m0/s1. The van der Waals surface area contributed by atoms with Crippen molar-refractivity contribution in [3.63, 3.8) is 0 Å². The Kier molecular flexibility index (Phi) is 5.39. The summed E-state index contributed by atoms with van der Waals surface area (Å²) in [5.41, 5.74) is 2.15. The average Bonchev–Trinajstić information content (AvgIpc) is 2.57. The van der Waals surface area contributed by atoms with Gasteiger partial charge in [0, 0.05) is 12.1 Å². The Morgan fingerprint density at radius 1 is 1.08 bits per heavy atom. The van der Waals surface area contributed by atoms with Gasteiger partial charge in [-0.05, 0) is 37.0 Å². The predicted octanol–water partition coefficient (Wildman–Crippen LogP) is 3.93. The molecule has 126 valence electrons. The van der Waals surface area contributed by atoms with Crippen LogP contribution in [0.5, 0.6) is 0 Å². The molecule has 2 aromatic rings. The normalized spacial score (nSPS) is 13.1. The van der Waals surface area contributed by atoms with Crippen molar-refractivity contribution in [1.29, 1.82) is 0 Å². The van der Waals surface area contributed by atoms with Gasteiger partial charge in [0.15, 0.2) is 0 Å². The summed E-state index contributed by atoms with van der Waals surface area (Å²) in [6.07, 6.45) is 0.677. The van der Waals surface area contributed by atoms with Crippen LogP contribution in [0, 0.1) is 6.92 Å². The molecule has 0 heterocycles. The number of anilines is 1. The maximum atomic E-state index is 12.6. The molecule has 0 saturated carbocycles. The minimum Gasteiger partial charge on any atom is -0.481 e. The van der Waals surface area contributed by atoms with Crippen molar-refractivity contribution >= 4 is 17.6 Å². The lowest BCUT2D eigenvalue weighted by atomic mass is 9.79. The lowest BCUT2D eigenvalue weighted by Crippen LogP contribution is -2.36. The quantitative estimate of drug-likeness (QED) is 0.845. The highest BCUT2D eigenvalue weighted by atomic mass is 16.4. The van der Waals surface area contributed by atoms with Gasteiger partial charge in [0.1, 0.15) is 0 Å². The van der Waals surface area contributed by atoms with E-state index in [4.69, 9.17) is 0 Å². The van der Waals surface area contributed by atoms with Gasteiger partial charge in [-0.1, -0.05) is 55.5 Å². The fourth-order valence-electron chi connectivity index (χ4n) is 2.81. The number of benzene rings is 2. The van der Waals surface area contributed by atoms with Crippen LogP contribution in [-0.4, -0.2) is 17.0 Å². The molecular formula is C20H23NO3. The van der Waals surface area contributed by atoms with E-state index in [-0.39, 0.29) is 12.3 Å². The Labute approximate surface area is 142 Å². The van der Waals surface area contributed by atoms with Crippen LogP contribution in [-0.2, 0) is 21.4 Å². The van der Waals surface area contributed by atoms with E-state index in [1.165, 1.54) is 0 Å². The number of nitrogens with one attached hydrogen (secondary N) is 1. The highest BCUT2D eigenvalue weighted by Crippen LogP contribution is 2.29. The molecular weight excluding hydrogens is 302 g/mol. The molecule has 0 aliphatic heterocycles. The molecule has 0 aromatic heterocycles. The Morgan fingerprint density at radius 3 is 2.33 bits per heavy atom. The highest BCUT2D eigenvalue weighted by Gasteiger charge is 2.37. The number of aliphatic carboxylic acids is 1. The topological polar surface area (TPSA) is 66.4 Å². The van der Waals surface area contributed by atoms with Crippen molar-refractivity contribution in [2.75, 3.05) is 5.32 Å². The number of amides is 1. The molecule has 4 heteroatoms. The number of aryl methyl sites for hydroxylation is 2. The number of hydrogen-bond acceptors (Lipinski definition) is 2. The van der Waals surface area contributed by atoms with Crippen LogP contribution < -0.4 is 5.32 Å². The molecule has 1 atom stereocenters. The van der Waals surface area contributed by atoms with Gasteiger partial charge >= 0.3 is 5.97 Å². The maximum Gasteiger partial charge on any atom is 0.314 e. The zero-order chi connectivity index (χ0) is 17.7. The van der Waals surface area contributed by atoms with E-state index >= 15 is 0 Å². The van der Waals surface area contributed by atoms with Crippen molar-refractivity contribution in [1.82, 2.24) is 0 Å². The number of rotatable bonds is 6. The van der Waals surface area contributed by atoms with Gasteiger partial charge in [-0.15, -0.1) is 0 Å². The summed E-state index contributed by atoms with van der Waals surface area (Å²) < 4.78 is 0.